The predicted octanol–water partition coefficient (Wildman–Crippen LogP) is 2.09. The number of rotatable bonds is 3. The van der Waals surface area contributed by atoms with E-state index < -0.39 is 5.63 Å². The molecule has 1 aromatic heterocycles. The van der Waals surface area contributed by atoms with Gasteiger partial charge in [0.25, 0.3) is 0 Å². The molecule has 0 atom stereocenters. The summed E-state index contributed by atoms with van der Waals surface area (Å²) < 4.78 is 5.03. The third-order valence-electron chi connectivity index (χ3n) is 2.18. The highest BCUT2D eigenvalue weighted by molar-refractivity contribution is 7.99. The van der Waals surface area contributed by atoms with E-state index in [1.165, 1.54) is 17.8 Å². The van der Waals surface area contributed by atoms with E-state index in [9.17, 15) is 9.59 Å². The number of nitrogens with one attached hydrogen (secondary N) is 1. The molecule has 0 radical (unpaired) electrons. The second-order valence-corrected chi connectivity index (χ2v) is 4.35. The monoisotopic (exact) mass is 249 g/mol. The lowest BCUT2D eigenvalue weighted by Gasteiger charge is -2.04. The SMILES string of the molecule is CSCC(=O)Nc1ccc2ccc(=O)oc2c1. The van der Waals surface area contributed by atoms with E-state index in [0.717, 1.165) is 5.39 Å². The maximum Gasteiger partial charge on any atom is 0.336 e. The van der Waals surface area contributed by atoms with Gasteiger partial charge in [0.1, 0.15) is 5.58 Å². The Balaban J connectivity index is 2.30. The molecule has 4 nitrogen and oxygen atoms in total. The van der Waals surface area contributed by atoms with Gasteiger partial charge in [0.15, 0.2) is 0 Å². The summed E-state index contributed by atoms with van der Waals surface area (Å²) in [4.78, 5) is 22.5. The number of thioether (sulfide) groups is 1. The summed E-state index contributed by atoms with van der Waals surface area (Å²) in [7, 11) is 0. The molecular weight excluding hydrogens is 238 g/mol. The van der Waals surface area contributed by atoms with Gasteiger partial charge < -0.3 is 9.73 Å². The number of carbonyl (C=O) groups is 1. The molecule has 0 fully saturated rings. The largest absolute Gasteiger partial charge is 0.423 e. The van der Waals surface area contributed by atoms with Crippen molar-refractivity contribution >= 4 is 34.3 Å². The lowest BCUT2D eigenvalue weighted by atomic mass is 10.2. The smallest absolute Gasteiger partial charge is 0.336 e. The second-order valence-electron chi connectivity index (χ2n) is 3.49. The first-order valence-corrected chi connectivity index (χ1v) is 6.41. The van der Waals surface area contributed by atoms with Gasteiger partial charge in [-0.3, -0.25) is 4.79 Å². The van der Waals surface area contributed by atoms with Crippen LogP contribution in [-0.4, -0.2) is 17.9 Å². The van der Waals surface area contributed by atoms with Crippen molar-refractivity contribution in [2.45, 2.75) is 0 Å². The third kappa shape index (κ3) is 2.88. The lowest BCUT2D eigenvalue weighted by Crippen LogP contribution is -2.13. The molecule has 1 heterocycles. The topological polar surface area (TPSA) is 59.3 Å². The van der Waals surface area contributed by atoms with E-state index in [1.807, 2.05) is 6.26 Å². The van der Waals surface area contributed by atoms with Crippen molar-refractivity contribution in [3.63, 3.8) is 0 Å². The van der Waals surface area contributed by atoms with Crippen LogP contribution in [0.4, 0.5) is 5.69 Å². The number of anilines is 1. The van der Waals surface area contributed by atoms with Crippen molar-refractivity contribution in [3.8, 4) is 0 Å². The Morgan fingerprint density at radius 3 is 2.88 bits per heavy atom. The number of carbonyl (C=O) groups excluding carboxylic acids is 1. The number of benzene rings is 1. The first-order valence-electron chi connectivity index (χ1n) is 5.02. The fraction of sp³-hybridized carbons (Fsp3) is 0.167. The molecule has 1 N–H and O–H groups in total. The van der Waals surface area contributed by atoms with Gasteiger partial charge in [0.2, 0.25) is 5.91 Å². The molecule has 0 spiro atoms. The zero-order chi connectivity index (χ0) is 12.3. The van der Waals surface area contributed by atoms with Crippen LogP contribution >= 0.6 is 11.8 Å². The molecule has 2 aromatic rings. The second kappa shape index (κ2) is 5.05. The average Bonchev–Trinajstić information content (AvgIpc) is 2.28. The van der Waals surface area contributed by atoms with E-state index in [-0.39, 0.29) is 5.91 Å². The summed E-state index contributed by atoms with van der Waals surface area (Å²) in [5.74, 6) is 0.326. The summed E-state index contributed by atoms with van der Waals surface area (Å²) in [6.07, 6.45) is 1.86. The Morgan fingerprint density at radius 2 is 2.12 bits per heavy atom. The fourth-order valence-corrected chi connectivity index (χ4v) is 1.80. The van der Waals surface area contributed by atoms with Crippen LogP contribution in [0, 0.1) is 0 Å². The highest BCUT2D eigenvalue weighted by atomic mass is 32.2. The summed E-state index contributed by atoms with van der Waals surface area (Å²) in [6.45, 7) is 0. The van der Waals surface area contributed by atoms with Crippen LogP contribution in [0.1, 0.15) is 0 Å². The van der Waals surface area contributed by atoms with Gasteiger partial charge in [-0.05, 0) is 24.5 Å². The number of fused-ring (bicyclic) bond motifs is 1. The van der Waals surface area contributed by atoms with Gasteiger partial charge in [0, 0.05) is 23.2 Å². The van der Waals surface area contributed by atoms with Crippen molar-refractivity contribution < 1.29 is 9.21 Å². The maximum atomic E-state index is 11.4. The molecule has 0 bridgehead atoms. The molecule has 0 aliphatic rings. The van der Waals surface area contributed by atoms with E-state index >= 15 is 0 Å². The quantitative estimate of drug-likeness (QED) is 0.846. The van der Waals surface area contributed by atoms with E-state index in [4.69, 9.17) is 4.42 Å². The van der Waals surface area contributed by atoms with Crippen molar-refractivity contribution in [3.05, 3.63) is 40.8 Å². The molecule has 5 heteroatoms. The Bertz CT molecular complexity index is 606. The number of hydrogen-bond donors (Lipinski definition) is 1. The van der Waals surface area contributed by atoms with Gasteiger partial charge in [-0.1, -0.05) is 0 Å². The average molecular weight is 249 g/mol. The van der Waals surface area contributed by atoms with E-state index in [0.29, 0.717) is 17.0 Å². The number of hydrogen-bond acceptors (Lipinski definition) is 4. The predicted molar refractivity (Wildman–Crippen MR) is 69.5 cm³/mol. The van der Waals surface area contributed by atoms with Gasteiger partial charge in [-0.25, -0.2) is 4.79 Å². The minimum absolute atomic E-state index is 0.0740. The van der Waals surface area contributed by atoms with E-state index in [2.05, 4.69) is 5.32 Å². The van der Waals surface area contributed by atoms with Crippen LogP contribution in [-0.2, 0) is 4.79 Å². The molecule has 2 rings (SSSR count). The van der Waals surface area contributed by atoms with Crippen LogP contribution in [0.25, 0.3) is 11.0 Å². The molecule has 0 aliphatic carbocycles. The highest BCUT2D eigenvalue weighted by Gasteiger charge is 2.03. The molecule has 17 heavy (non-hydrogen) atoms. The van der Waals surface area contributed by atoms with Crippen molar-refractivity contribution in [2.75, 3.05) is 17.3 Å². The zero-order valence-electron chi connectivity index (χ0n) is 9.23. The number of amides is 1. The molecule has 0 aliphatic heterocycles. The normalized spacial score (nSPS) is 10.4. The molecular formula is C12H11NO3S. The standard InChI is InChI=1S/C12H11NO3S/c1-17-7-11(14)13-9-4-2-8-3-5-12(15)16-10(8)6-9/h2-6H,7H2,1H3,(H,13,14). The molecule has 1 amide bonds. The van der Waals surface area contributed by atoms with E-state index in [1.54, 1.807) is 24.3 Å². The summed E-state index contributed by atoms with van der Waals surface area (Å²) in [5, 5.41) is 3.56. The molecule has 0 unspecified atom stereocenters. The fourth-order valence-electron chi connectivity index (χ4n) is 1.47. The van der Waals surface area contributed by atoms with Gasteiger partial charge in [-0.2, -0.15) is 11.8 Å². The Hall–Kier alpha value is -1.75. The Labute approximate surface area is 102 Å². The highest BCUT2D eigenvalue weighted by Crippen LogP contribution is 2.17. The summed E-state index contributed by atoms with van der Waals surface area (Å²) in [6, 6.07) is 8.28. The molecule has 0 saturated carbocycles. The minimum atomic E-state index is -0.398. The first kappa shape index (κ1) is 11.7. The molecule has 1 aromatic carbocycles. The van der Waals surface area contributed by atoms with Crippen LogP contribution in [0.15, 0.2) is 39.5 Å². The molecule has 0 saturated heterocycles. The Kier molecular flexibility index (Phi) is 3.49. The van der Waals surface area contributed by atoms with Gasteiger partial charge in [-0.15, -0.1) is 0 Å². The third-order valence-corrected chi connectivity index (χ3v) is 2.73. The van der Waals surface area contributed by atoms with Crippen LogP contribution in [0.5, 0.6) is 0 Å². The van der Waals surface area contributed by atoms with Crippen LogP contribution in [0.3, 0.4) is 0 Å². The summed E-state index contributed by atoms with van der Waals surface area (Å²) >= 11 is 1.45. The maximum absolute atomic E-state index is 11.4. The van der Waals surface area contributed by atoms with Crippen molar-refractivity contribution in [1.82, 2.24) is 0 Å². The lowest BCUT2D eigenvalue weighted by molar-refractivity contribution is -0.113. The van der Waals surface area contributed by atoms with Crippen molar-refractivity contribution in [1.29, 1.82) is 0 Å². The molecule has 88 valence electrons. The van der Waals surface area contributed by atoms with Crippen molar-refractivity contribution in [2.24, 2.45) is 0 Å². The first-order chi connectivity index (χ1) is 8.19. The summed E-state index contributed by atoms with van der Waals surface area (Å²) in [5.41, 5.74) is 0.704. The Morgan fingerprint density at radius 1 is 1.35 bits per heavy atom. The zero-order valence-corrected chi connectivity index (χ0v) is 10.0. The van der Waals surface area contributed by atoms with Gasteiger partial charge in [0.05, 0.1) is 5.75 Å². The van der Waals surface area contributed by atoms with Crippen LogP contribution < -0.4 is 10.9 Å². The van der Waals surface area contributed by atoms with Gasteiger partial charge >= 0.3 is 5.63 Å². The van der Waals surface area contributed by atoms with Crippen LogP contribution in [0.2, 0.25) is 0 Å². The minimum Gasteiger partial charge on any atom is -0.423 e.